The standard InChI is InChI=1S/C50H48O2S4/c1-48(2,3)31-15-21-35(22-16-31)54-39-28-27-38(53-34-13-11-10-12-14-34)42-43(39)47(52)45-41(56-37-25-19-33(20-26-37)50(7,8)9)30-29-40(44(45)46(42)51)55-36-23-17-32(18-24-36)49(4,5)6/h10-30H,1-9H3. The van der Waals surface area contributed by atoms with Crippen molar-refractivity contribution in [1.82, 2.24) is 0 Å². The second kappa shape index (κ2) is 15.8. The molecule has 0 aliphatic heterocycles. The summed E-state index contributed by atoms with van der Waals surface area (Å²) in [6.45, 7) is 19.9. The molecule has 7 rings (SSSR count). The molecule has 0 bridgehead atoms. The number of hydrogen-bond donors (Lipinski definition) is 0. The Morgan fingerprint density at radius 1 is 0.304 bits per heavy atom. The zero-order valence-corrected chi connectivity index (χ0v) is 36.8. The molecule has 56 heavy (non-hydrogen) atoms. The van der Waals surface area contributed by atoms with E-state index in [1.165, 1.54) is 28.5 Å². The molecule has 0 unspecified atom stereocenters. The lowest BCUT2D eigenvalue weighted by Crippen LogP contribution is -2.24. The predicted octanol–water partition coefficient (Wildman–Crippen LogP) is 15.0. The normalized spacial score (nSPS) is 13.1. The maximum atomic E-state index is 15.4. The highest BCUT2D eigenvalue weighted by Gasteiger charge is 2.38. The molecule has 284 valence electrons. The molecule has 0 saturated carbocycles. The van der Waals surface area contributed by atoms with Gasteiger partial charge in [-0.15, -0.1) is 0 Å². The van der Waals surface area contributed by atoms with Gasteiger partial charge in [0, 0.05) is 61.4 Å². The van der Waals surface area contributed by atoms with Crippen molar-refractivity contribution in [1.29, 1.82) is 0 Å². The number of hydrogen-bond acceptors (Lipinski definition) is 6. The fourth-order valence-electron chi connectivity index (χ4n) is 6.69. The summed E-state index contributed by atoms with van der Waals surface area (Å²) in [7, 11) is 0. The van der Waals surface area contributed by atoms with Gasteiger partial charge in [-0.05, 0) is 106 Å². The van der Waals surface area contributed by atoms with Crippen LogP contribution in [0.5, 0.6) is 0 Å². The Hall–Kier alpha value is -3.94. The van der Waals surface area contributed by atoms with Crippen LogP contribution in [0.4, 0.5) is 0 Å². The van der Waals surface area contributed by atoms with Crippen LogP contribution in [0.3, 0.4) is 0 Å². The van der Waals surface area contributed by atoms with Crippen molar-refractivity contribution in [3.63, 3.8) is 0 Å². The Bertz CT molecular complexity index is 2410. The van der Waals surface area contributed by atoms with Gasteiger partial charge in [-0.1, -0.05) is 164 Å². The third-order valence-corrected chi connectivity index (χ3v) is 14.3. The molecule has 0 heterocycles. The summed E-state index contributed by atoms with van der Waals surface area (Å²) in [5.74, 6) is -0.226. The first kappa shape index (κ1) is 40.3. The van der Waals surface area contributed by atoms with Crippen molar-refractivity contribution in [2.75, 3.05) is 0 Å². The number of rotatable bonds is 8. The van der Waals surface area contributed by atoms with E-state index in [1.54, 1.807) is 35.3 Å². The number of carbonyl (C=O) groups is 2. The lowest BCUT2D eigenvalue weighted by Gasteiger charge is -2.26. The van der Waals surface area contributed by atoms with Crippen LogP contribution in [-0.4, -0.2) is 11.6 Å². The van der Waals surface area contributed by atoms with Gasteiger partial charge in [-0.3, -0.25) is 9.59 Å². The molecule has 0 fully saturated rings. The van der Waals surface area contributed by atoms with E-state index in [9.17, 15) is 0 Å². The first-order chi connectivity index (χ1) is 26.5. The van der Waals surface area contributed by atoms with Gasteiger partial charge in [0.1, 0.15) is 0 Å². The molecule has 0 aromatic heterocycles. The van der Waals surface area contributed by atoms with Crippen LogP contribution in [0, 0.1) is 0 Å². The van der Waals surface area contributed by atoms with Gasteiger partial charge in [0.25, 0.3) is 0 Å². The van der Waals surface area contributed by atoms with Gasteiger partial charge in [-0.25, -0.2) is 0 Å². The quantitative estimate of drug-likeness (QED) is 0.152. The van der Waals surface area contributed by atoms with Crippen molar-refractivity contribution in [3.05, 3.63) is 166 Å². The van der Waals surface area contributed by atoms with Crippen molar-refractivity contribution in [2.24, 2.45) is 0 Å². The summed E-state index contributed by atoms with van der Waals surface area (Å²) in [5, 5.41) is 0. The van der Waals surface area contributed by atoms with E-state index in [0.717, 1.165) is 39.2 Å². The molecule has 0 amide bonds. The highest BCUT2D eigenvalue weighted by molar-refractivity contribution is 8.00. The van der Waals surface area contributed by atoms with Gasteiger partial charge in [0.05, 0.1) is 0 Å². The Labute approximate surface area is 350 Å². The monoisotopic (exact) mass is 808 g/mol. The van der Waals surface area contributed by atoms with E-state index in [2.05, 4.69) is 135 Å². The maximum absolute atomic E-state index is 15.4. The van der Waals surface area contributed by atoms with Gasteiger partial charge in [0.15, 0.2) is 11.6 Å². The summed E-state index contributed by atoms with van der Waals surface area (Å²) < 4.78 is 0. The SMILES string of the molecule is CC(C)(C)c1ccc(Sc2ccc(Sc3ccccc3)c3c2C(=O)c2c(Sc4ccc(C(C)(C)C)cc4)ccc(Sc4ccc(C(C)(C)C)cc4)c2C3=O)cc1. The average molecular weight is 809 g/mol. The number of fused-ring (bicyclic) bond motifs is 2. The number of benzene rings is 6. The fourth-order valence-corrected chi connectivity index (χ4v) is 10.5. The lowest BCUT2D eigenvalue weighted by atomic mass is 9.84. The average Bonchev–Trinajstić information content (AvgIpc) is 3.15. The summed E-state index contributed by atoms with van der Waals surface area (Å²) >= 11 is 6.17. The first-order valence-electron chi connectivity index (χ1n) is 19.0. The zero-order chi connectivity index (χ0) is 40.0. The molecule has 1 aliphatic carbocycles. The van der Waals surface area contributed by atoms with E-state index in [-0.39, 0.29) is 27.8 Å². The molecule has 6 heteroatoms. The van der Waals surface area contributed by atoms with E-state index < -0.39 is 0 Å². The summed E-state index contributed by atoms with van der Waals surface area (Å²) in [5.41, 5.74) is 5.73. The number of ketones is 2. The molecule has 0 radical (unpaired) electrons. The smallest absolute Gasteiger partial charge is 0.196 e. The molecular weight excluding hydrogens is 761 g/mol. The van der Waals surface area contributed by atoms with Crippen LogP contribution in [-0.2, 0) is 16.2 Å². The Morgan fingerprint density at radius 3 is 0.768 bits per heavy atom. The van der Waals surface area contributed by atoms with Crippen LogP contribution in [0.2, 0.25) is 0 Å². The van der Waals surface area contributed by atoms with Gasteiger partial charge in [0.2, 0.25) is 0 Å². The first-order valence-corrected chi connectivity index (χ1v) is 22.3. The Morgan fingerprint density at radius 2 is 0.536 bits per heavy atom. The van der Waals surface area contributed by atoms with Crippen molar-refractivity contribution < 1.29 is 9.59 Å². The molecule has 2 nitrogen and oxygen atoms in total. The zero-order valence-electron chi connectivity index (χ0n) is 33.6. The van der Waals surface area contributed by atoms with Crippen LogP contribution in [0.1, 0.15) is 111 Å². The topological polar surface area (TPSA) is 34.1 Å². The molecule has 0 atom stereocenters. The largest absolute Gasteiger partial charge is 0.288 e. The van der Waals surface area contributed by atoms with Gasteiger partial charge < -0.3 is 0 Å². The number of carbonyl (C=O) groups excluding carboxylic acids is 2. The second-order valence-corrected chi connectivity index (χ2v) is 21.8. The van der Waals surface area contributed by atoms with Crippen molar-refractivity contribution >= 4 is 58.6 Å². The van der Waals surface area contributed by atoms with E-state index in [0.29, 0.717) is 22.3 Å². The van der Waals surface area contributed by atoms with E-state index in [1.807, 2.05) is 54.6 Å². The minimum absolute atomic E-state index is 0.0228. The fraction of sp³-hybridized carbons (Fsp3) is 0.240. The molecule has 6 aromatic rings. The van der Waals surface area contributed by atoms with Crippen molar-refractivity contribution in [3.8, 4) is 0 Å². The van der Waals surface area contributed by atoms with Crippen LogP contribution < -0.4 is 0 Å². The summed E-state index contributed by atoms with van der Waals surface area (Å²) in [6.07, 6.45) is 0. The van der Waals surface area contributed by atoms with Crippen molar-refractivity contribution in [2.45, 2.75) is 118 Å². The van der Waals surface area contributed by atoms with Gasteiger partial charge in [-0.2, -0.15) is 0 Å². The third-order valence-electron chi connectivity index (χ3n) is 9.98. The van der Waals surface area contributed by atoms with E-state index in [4.69, 9.17) is 0 Å². The highest BCUT2D eigenvalue weighted by Crippen LogP contribution is 2.48. The van der Waals surface area contributed by atoms with Crippen LogP contribution in [0.25, 0.3) is 0 Å². The third kappa shape index (κ3) is 8.64. The highest BCUT2D eigenvalue weighted by atomic mass is 32.2. The minimum atomic E-state index is -0.113. The van der Waals surface area contributed by atoms with E-state index >= 15 is 9.59 Å². The van der Waals surface area contributed by atoms with Crippen LogP contribution >= 0.6 is 47.0 Å². The predicted molar refractivity (Wildman–Crippen MR) is 238 cm³/mol. The molecule has 1 aliphatic rings. The Kier molecular flexibility index (Phi) is 11.3. The molecule has 0 N–H and O–H groups in total. The maximum Gasteiger partial charge on any atom is 0.196 e. The van der Waals surface area contributed by atoms with Gasteiger partial charge >= 0.3 is 0 Å². The summed E-state index contributed by atoms with van der Waals surface area (Å²) in [4.78, 5) is 38.0. The Balaban J connectivity index is 1.38. The minimum Gasteiger partial charge on any atom is -0.288 e. The molecule has 0 saturated heterocycles. The molecule has 6 aromatic carbocycles. The summed E-state index contributed by atoms with van der Waals surface area (Å²) in [6, 6.07) is 43.9. The molecule has 0 spiro atoms. The lowest BCUT2D eigenvalue weighted by molar-refractivity contribution is 0.0970. The second-order valence-electron chi connectivity index (χ2n) is 17.3. The van der Waals surface area contributed by atoms with Crippen LogP contribution in [0.15, 0.2) is 167 Å². The molecular formula is C50H48O2S4.